The second-order valence-corrected chi connectivity index (χ2v) is 9.09. The average molecular weight is 504 g/mol. The Labute approximate surface area is 206 Å². The first-order valence-corrected chi connectivity index (χ1v) is 11.3. The lowest BCUT2D eigenvalue weighted by atomic mass is 9.66. The van der Waals surface area contributed by atoms with Gasteiger partial charge in [-0.3, -0.25) is 0 Å². The highest BCUT2D eigenvalue weighted by Gasteiger charge is 2.55. The van der Waals surface area contributed by atoms with E-state index in [4.69, 9.17) is 46.4 Å². The van der Waals surface area contributed by atoms with Crippen molar-refractivity contribution >= 4 is 46.4 Å². The van der Waals surface area contributed by atoms with E-state index in [0.29, 0.717) is 21.2 Å². The summed E-state index contributed by atoms with van der Waals surface area (Å²) in [5, 5.41) is 26.3. The van der Waals surface area contributed by atoms with Crippen LogP contribution < -0.4 is 0 Å². The van der Waals surface area contributed by atoms with Crippen molar-refractivity contribution in [3.8, 4) is 0 Å². The highest BCUT2D eigenvalue weighted by molar-refractivity contribution is 6.36. The fourth-order valence-corrected chi connectivity index (χ4v) is 5.13. The smallest absolute Gasteiger partial charge is 0.154 e. The van der Waals surface area contributed by atoms with E-state index < -0.39 is 11.2 Å². The Morgan fingerprint density at radius 2 is 0.844 bits per heavy atom. The lowest BCUT2D eigenvalue weighted by Gasteiger charge is -2.46. The minimum atomic E-state index is -2.11. The van der Waals surface area contributed by atoms with Crippen LogP contribution in [0.3, 0.4) is 0 Å². The summed E-state index contributed by atoms with van der Waals surface area (Å²) in [6.07, 6.45) is 0. The van der Waals surface area contributed by atoms with Crippen LogP contribution in [-0.2, 0) is 11.2 Å². The number of rotatable bonds is 5. The van der Waals surface area contributed by atoms with Crippen LogP contribution in [0.25, 0.3) is 0 Å². The molecule has 32 heavy (non-hydrogen) atoms. The predicted molar refractivity (Wildman–Crippen MR) is 132 cm³/mol. The summed E-state index contributed by atoms with van der Waals surface area (Å²) >= 11 is 25.5. The molecule has 162 valence electrons. The van der Waals surface area contributed by atoms with Crippen LogP contribution in [0, 0.1) is 0 Å². The minimum Gasteiger partial charge on any atom is -0.377 e. The van der Waals surface area contributed by atoms with Crippen molar-refractivity contribution in [2.75, 3.05) is 0 Å². The Morgan fingerprint density at radius 3 is 1.19 bits per heavy atom. The van der Waals surface area contributed by atoms with Crippen LogP contribution in [0.15, 0.2) is 97.1 Å². The third kappa shape index (κ3) is 3.82. The van der Waals surface area contributed by atoms with Crippen molar-refractivity contribution < 1.29 is 10.2 Å². The van der Waals surface area contributed by atoms with Gasteiger partial charge < -0.3 is 10.2 Å². The van der Waals surface area contributed by atoms with E-state index in [1.807, 2.05) is 12.1 Å². The van der Waals surface area contributed by atoms with E-state index in [1.165, 1.54) is 12.1 Å². The molecule has 0 bridgehead atoms. The van der Waals surface area contributed by atoms with Crippen molar-refractivity contribution in [2.45, 2.75) is 11.2 Å². The molecule has 0 aliphatic heterocycles. The number of hydrogen-bond acceptors (Lipinski definition) is 2. The van der Waals surface area contributed by atoms with Gasteiger partial charge in [0.15, 0.2) is 11.2 Å². The van der Waals surface area contributed by atoms with Crippen molar-refractivity contribution in [2.24, 2.45) is 0 Å². The van der Waals surface area contributed by atoms with Gasteiger partial charge in [-0.05, 0) is 35.4 Å². The molecule has 0 heterocycles. The van der Waals surface area contributed by atoms with Gasteiger partial charge in [-0.15, -0.1) is 0 Å². The van der Waals surface area contributed by atoms with Crippen molar-refractivity contribution in [1.29, 1.82) is 0 Å². The Morgan fingerprint density at radius 1 is 0.469 bits per heavy atom. The van der Waals surface area contributed by atoms with E-state index >= 15 is 0 Å². The van der Waals surface area contributed by atoms with Gasteiger partial charge in [-0.25, -0.2) is 0 Å². The van der Waals surface area contributed by atoms with Gasteiger partial charge in [-0.1, -0.05) is 119 Å². The summed E-state index contributed by atoms with van der Waals surface area (Å²) in [6, 6.07) is 27.2. The predicted octanol–water partition coefficient (Wildman–Crippen LogP) is 7.47. The first kappa shape index (κ1) is 23.1. The monoisotopic (exact) mass is 502 g/mol. The van der Waals surface area contributed by atoms with E-state index in [2.05, 4.69) is 0 Å². The SMILES string of the molecule is OC(c1ccccc1)(c1ccccc1)C(O)(c1ccc(Cl)cc1Cl)c1ccc(Cl)cc1Cl. The Bertz CT molecular complexity index is 1150. The van der Waals surface area contributed by atoms with E-state index in [0.717, 1.165) is 0 Å². The maximum absolute atomic E-state index is 12.6. The lowest BCUT2D eigenvalue weighted by molar-refractivity contribution is -0.112. The quantitative estimate of drug-likeness (QED) is 0.296. The van der Waals surface area contributed by atoms with Gasteiger partial charge in [0.05, 0.1) is 0 Å². The van der Waals surface area contributed by atoms with Crippen molar-refractivity contribution in [1.82, 2.24) is 0 Å². The minimum absolute atomic E-state index is 0.177. The van der Waals surface area contributed by atoms with Gasteiger partial charge in [-0.2, -0.15) is 0 Å². The Hall–Kier alpha value is -2.04. The molecule has 0 aliphatic carbocycles. The molecule has 4 aromatic carbocycles. The lowest BCUT2D eigenvalue weighted by Crippen LogP contribution is -2.51. The van der Waals surface area contributed by atoms with E-state index in [-0.39, 0.29) is 21.2 Å². The molecule has 2 N–H and O–H groups in total. The normalized spacial score (nSPS) is 12.1. The molecule has 0 unspecified atom stereocenters. The zero-order valence-corrected chi connectivity index (χ0v) is 19.7. The molecule has 4 aromatic rings. The third-order valence-electron chi connectivity index (χ3n) is 5.55. The first-order valence-electron chi connectivity index (χ1n) is 9.75. The Balaban J connectivity index is 2.16. The molecule has 0 atom stereocenters. The summed E-state index contributed by atoms with van der Waals surface area (Å²) in [5.41, 5.74) is -2.72. The average Bonchev–Trinajstić information content (AvgIpc) is 2.79. The zero-order valence-electron chi connectivity index (χ0n) is 16.6. The summed E-state index contributed by atoms with van der Waals surface area (Å²) in [5.74, 6) is 0. The van der Waals surface area contributed by atoms with Gasteiger partial charge in [0.2, 0.25) is 0 Å². The maximum Gasteiger partial charge on any atom is 0.154 e. The summed E-state index contributed by atoms with van der Waals surface area (Å²) in [7, 11) is 0. The molecule has 0 aromatic heterocycles. The summed E-state index contributed by atoms with van der Waals surface area (Å²) in [4.78, 5) is 0. The van der Waals surface area contributed by atoms with E-state index in [9.17, 15) is 10.2 Å². The fraction of sp³-hybridized carbons (Fsp3) is 0.0769. The molecule has 4 rings (SSSR count). The Kier molecular flexibility index (Phi) is 6.56. The molecule has 0 fully saturated rings. The number of aliphatic hydroxyl groups is 2. The van der Waals surface area contributed by atoms with Crippen LogP contribution in [-0.4, -0.2) is 10.2 Å². The van der Waals surface area contributed by atoms with Crippen LogP contribution in [0.5, 0.6) is 0 Å². The molecule has 0 radical (unpaired) electrons. The third-order valence-corrected chi connectivity index (χ3v) is 6.64. The van der Waals surface area contributed by atoms with Gasteiger partial charge in [0.1, 0.15) is 0 Å². The van der Waals surface area contributed by atoms with Crippen LogP contribution in [0.4, 0.5) is 0 Å². The van der Waals surface area contributed by atoms with Crippen LogP contribution >= 0.6 is 46.4 Å². The first-order chi connectivity index (χ1) is 15.3. The standard InChI is InChI=1S/C26H18Cl4O2/c27-19-11-13-21(23(29)15-19)26(32,22-14-12-20(28)16-24(22)30)25(31,17-7-3-1-4-8-17)18-9-5-2-6-10-18/h1-16,31-32H. The van der Waals surface area contributed by atoms with Gasteiger partial charge in [0.25, 0.3) is 0 Å². The summed E-state index contributed by atoms with van der Waals surface area (Å²) in [6.45, 7) is 0. The van der Waals surface area contributed by atoms with Crippen molar-refractivity contribution in [3.05, 3.63) is 139 Å². The van der Waals surface area contributed by atoms with Crippen LogP contribution in [0.2, 0.25) is 20.1 Å². The fourth-order valence-electron chi connectivity index (χ4n) is 4.04. The molecule has 0 spiro atoms. The molecule has 0 saturated carbocycles. The zero-order chi connectivity index (χ0) is 22.9. The molecule has 0 aliphatic rings. The number of halogens is 4. The summed E-state index contributed by atoms with van der Waals surface area (Å²) < 4.78 is 0. The molecule has 6 heteroatoms. The highest BCUT2D eigenvalue weighted by atomic mass is 35.5. The molecule has 2 nitrogen and oxygen atoms in total. The highest BCUT2D eigenvalue weighted by Crippen LogP contribution is 2.53. The second kappa shape index (κ2) is 9.07. The van der Waals surface area contributed by atoms with Crippen LogP contribution in [0.1, 0.15) is 22.3 Å². The number of benzene rings is 4. The number of hydrogen-bond donors (Lipinski definition) is 2. The van der Waals surface area contributed by atoms with Gasteiger partial charge in [0, 0.05) is 31.2 Å². The molecule has 0 amide bonds. The topological polar surface area (TPSA) is 40.5 Å². The second-order valence-electron chi connectivity index (χ2n) is 7.40. The van der Waals surface area contributed by atoms with Crippen molar-refractivity contribution in [3.63, 3.8) is 0 Å². The maximum atomic E-state index is 12.6. The molecular formula is C26H18Cl4O2. The molecule has 0 saturated heterocycles. The largest absolute Gasteiger partial charge is 0.377 e. The molecular weight excluding hydrogens is 486 g/mol. The van der Waals surface area contributed by atoms with E-state index in [1.54, 1.807) is 72.8 Å². The van der Waals surface area contributed by atoms with Gasteiger partial charge >= 0.3 is 0 Å².